The molecule has 7 heteroatoms. The molecule has 0 atom stereocenters. The van der Waals surface area contributed by atoms with Crippen LogP contribution in [-0.2, 0) is 11.3 Å². The zero-order chi connectivity index (χ0) is 29.3. The fourth-order valence-electron chi connectivity index (χ4n) is 4.79. The van der Waals surface area contributed by atoms with Gasteiger partial charge in [0.15, 0.2) is 0 Å². The van der Waals surface area contributed by atoms with E-state index in [1.54, 1.807) is 10.6 Å². The van der Waals surface area contributed by atoms with E-state index in [1.807, 2.05) is 95.3 Å². The van der Waals surface area contributed by atoms with Crippen LogP contribution < -0.4 is 4.74 Å². The number of benzene rings is 3. The summed E-state index contributed by atoms with van der Waals surface area (Å²) in [6.07, 6.45) is 1.79. The second-order valence-electron chi connectivity index (χ2n) is 10.7. The molecule has 0 bridgehead atoms. The van der Waals surface area contributed by atoms with Gasteiger partial charge in [-0.05, 0) is 72.7 Å². The van der Waals surface area contributed by atoms with E-state index in [9.17, 15) is 4.79 Å². The Kier molecular flexibility index (Phi) is 8.13. The summed E-state index contributed by atoms with van der Waals surface area (Å²) in [5, 5.41) is 0.243. The first-order valence-corrected chi connectivity index (χ1v) is 13.9. The van der Waals surface area contributed by atoms with Gasteiger partial charge in [-0.1, -0.05) is 74.0 Å². The average Bonchev–Trinajstić information content (AvgIpc) is 3.40. The number of carbonyl (C=O) groups excluding carboxylic acids is 1. The number of hydrogen-bond acceptors (Lipinski definition) is 4. The average molecular weight is 571 g/mol. The van der Waals surface area contributed by atoms with Gasteiger partial charge >= 0.3 is 5.97 Å². The van der Waals surface area contributed by atoms with Crippen molar-refractivity contribution in [3.63, 3.8) is 0 Å². The van der Waals surface area contributed by atoms with Gasteiger partial charge in [-0.25, -0.2) is 14.2 Å². The fourth-order valence-corrected chi connectivity index (χ4v) is 5.14. The Hall–Kier alpha value is -4.16. The molecule has 0 spiro atoms. The Labute approximate surface area is 244 Å². The van der Waals surface area contributed by atoms with Crippen molar-refractivity contribution < 1.29 is 18.7 Å². The third-order valence-electron chi connectivity index (χ3n) is 7.03. The second kappa shape index (κ2) is 11.8. The summed E-state index contributed by atoms with van der Waals surface area (Å²) in [6.45, 7) is 10.2. The van der Waals surface area contributed by atoms with E-state index in [-0.39, 0.29) is 16.9 Å². The van der Waals surface area contributed by atoms with Gasteiger partial charge < -0.3 is 9.47 Å². The molecule has 0 unspecified atom stereocenters. The number of pyridine rings is 1. The summed E-state index contributed by atoms with van der Waals surface area (Å²) in [5.41, 5.74) is 6.76. The van der Waals surface area contributed by atoms with Gasteiger partial charge in [0, 0.05) is 11.8 Å². The number of carbonyl (C=O) groups is 1. The van der Waals surface area contributed by atoms with E-state index in [2.05, 4.69) is 0 Å². The maximum absolute atomic E-state index is 15.4. The highest BCUT2D eigenvalue weighted by atomic mass is 35.5. The summed E-state index contributed by atoms with van der Waals surface area (Å²) < 4.78 is 28.8. The topological polar surface area (TPSA) is 52.8 Å². The molecule has 0 aliphatic heterocycles. The largest absolute Gasteiger partial charge is 0.488 e. The molecule has 210 valence electrons. The van der Waals surface area contributed by atoms with E-state index in [0.717, 1.165) is 27.8 Å². The van der Waals surface area contributed by atoms with Gasteiger partial charge in [-0.3, -0.25) is 4.40 Å². The maximum Gasteiger partial charge on any atom is 0.341 e. The Morgan fingerprint density at radius 2 is 1.71 bits per heavy atom. The Morgan fingerprint density at radius 3 is 2.44 bits per heavy atom. The van der Waals surface area contributed by atoms with E-state index >= 15 is 4.39 Å². The second-order valence-corrected chi connectivity index (χ2v) is 11.1. The standard InChI is InChI=1S/C34H32ClFN2O3/c1-20(2)18-41-34(39)30-22(4)23(5)33-37-28(17-38(33)32(30)35)25-12-9-13-26(16-25)31-27(36)14-21(3)15-29(31)40-19-24-10-7-6-8-11-24/h6-17,20H,18-19H2,1-5H3. The summed E-state index contributed by atoms with van der Waals surface area (Å²) in [6, 6.07) is 20.7. The monoisotopic (exact) mass is 570 g/mol. The molecule has 3 aromatic carbocycles. The van der Waals surface area contributed by atoms with Crippen LogP contribution in [0.5, 0.6) is 5.75 Å². The van der Waals surface area contributed by atoms with E-state index < -0.39 is 5.97 Å². The van der Waals surface area contributed by atoms with Crippen molar-refractivity contribution in [2.24, 2.45) is 5.92 Å². The summed E-state index contributed by atoms with van der Waals surface area (Å²) in [5.74, 6) is -0.143. The SMILES string of the molecule is Cc1cc(F)c(-c2cccc(-c3cn4c(Cl)c(C(=O)OCC(C)C)c(C)c(C)c4n3)c2)c(OCc2ccccc2)c1. The first kappa shape index (κ1) is 28.4. The van der Waals surface area contributed by atoms with Gasteiger partial charge in [0.2, 0.25) is 0 Å². The number of aromatic nitrogens is 2. The molecule has 0 N–H and O–H groups in total. The van der Waals surface area contributed by atoms with Crippen molar-refractivity contribution in [1.82, 2.24) is 9.38 Å². The highest BCUT2D eigenvalue weighted by Gasteiger charge is 2.23. The predicted molar refractivity (Wildman–Crippen MR) is 161 cm³/mol. The quantitative estimate of drug-likeness (QED) is 0.138. The smallest absolute Gasteiger partial charge is 0.341 e. The predicted octanol–water partition coefficient (Wildman–Crippen LogP) is 8.78. The zero-order valence-electron chi connectivity index (χ0n) is 23.8. The van der Waals surface area contributed by atoms with Crippen LogP contribution in [-0.4, -0.2) is 22.0 Å². The van der Waals surface area contributed by atoms with Crippen molar-refractivity contribution in [3.8, 4) is 28.1 Å². The number of imidazole rings is 1. The molecule has 2 aromatic heterocycles. The lowest BCUT2D eigenvalue weighted by Crippen LogP contribution is -2.14. The van der Waals surface area contributed by atoms with Crippen LogP contribution in [0.25, 0.3) is 28.0 Å². The van der Waals surface area contributed by atoms with Crippen molar-refractivity contribution in [1.29, 1.82) is 0 Å². The highest BCUT2D eigenvalue weighted by Crippen LogP contribution is 2.37. The first-order valence-electron chi connectivity index (χ1n) is 13.6. The Morgan fingerprint density at radius 1 is 0.976 bits per heavy atom. The molecule has 5 rings (SSSR count). The lowest BCUT2D eigenvalue weighted by molar-refractivity contribution is 0.0457. The molecule has 41 heavy (non-hydrogen) atoms. The molecule has 0 fully saturated rings. The summed E-state index contributed by atoms with van der Waals surface area (Å²) >= 11 is 6.75. The minimum Gasteiger partial charge on any atom is -0.488 e. The van der Waals surface area contributed by atoms with E-state index in [0.29, 0.717) is 47.0 Å². The number of fused-ring (bicyclic) bond motifs is 1. The minimum atomic E-state index is -0.457. The Balaban J connectivity index is 1.54. The first-order chi connectivity index (χ1) is 19.6. The molecular formula is C34H32ClFN2O3. The molecule has 0 amide bonds. The van der Waals surface area contributed by atoms with E-state index in [1.165, 1.54) is 6.07 Å². The number of hydrogen-bond donors (Lipinski definition) is 0. The molecule has 0 aliphatic carbocycles. The van der Waals surface area contributed by atoms with Gasteiger partial charge in [-0.15, -0.1) is 0 Å². The van der Waals surface area contributed by atoms with Gasteiger partial charge in [0.25, 0.3) is 0 Å². The number of halogens is 2. The molecule has 0 aliphatic rings. The number of rotatable bonds is 8. The number of ether oxygens (including phenoxy) is 2. The molecule has 0 radical (unpaired) electrons. The van der Waals surface area contributed by atoms with Crippen LogP contribution >= 0.6 is 11.6 Å². The summed E-state index contributed by atoms with van der Waals surface area (Å²) in [4.78, 5) is 17.8. The van der Waals surface area contributed by atoms with Crippen LogP contribution in [0, 0.1) is 32.5 Å². The van der Waals surface area contributed by atoms with Crippen LogP contribution in [0.3, 0.4) is 0 Å². The van der Waals surface area contributed by atoms with E-state index in [4.69, 9.17) is 26.1 Å². The molecule has 0 saturated carbocycles. The molecule has 5 nitrogen and oxygen atoms in total. The third-order valence-corrected chi connectivity index (χ3v) is 7.40. The summed E-state index contributed by atoms with van der Waals surface area (Å²) in [7, 11) is 0. The lowest BCUT2D eigenvalue weighted by Gasteiger charge is -2.14. The lowest BCUT2D eigenvalue weighted by atomic mass is 9.99. The van der Waals surface area contributed by atoms with Crippen LogP contribution in [0.1, 0.15) is 46.5 Å². The molecule has 0 saturated heterocycles. The number of esters is 1. The van der Waals surface area contributed by atoms with Gasteiger partial charge in [0.1, 0.15) is 29.0 Å². The zero-order valence-corrected chi connectivity index (χ0v) is 24.6. The number of aryl methyl sites for hydroxylation is 2. The van der Waals surface area contributed by atoms with Crippen molar-refractivity contribution in [3.05, 3.63) is 112 Å². The third kappa shape index (κ3) is 5.84. The fraction of sp³-hybridized carbons (Fsp3) is 0.235. The molecule has 2 heterocycles. The highest BCUT2D eigenvalue weighted by molar-refractivity contribution is 6.33. The van der Waals surface area contributed by atoms with Crippen LogP contribution in [0.4, 0.5) is 4.39 Å². The van der Waals surface area contributed by atoms with Crippen LogP contribution in [0.15, 0.2) is 72.9 Å². The van der Waals surface area contributed by atoms with Crippen molar-refractivity contribution in [2.75, 3.05) is 6.61 Å². The van der Waals surface area contributed by atoms with Crippen LogP contribution in [0.2, 0.25) is 5.15 Å². The normalized spacial score (nSPS) is 11.3. The minimum absolute atomic E-state index is 0.206. The van der Waals surface area contributed by atoms with Crippen molar-refractivity contribution >= 4 is 23.2 Å². The van der Waals surface area contributed by atoms with Gasteiger partial charge in [-0.2, -0.15) is 0 Å². The molecular weight excluding hydrogens is 539 g/mol. The Bertz CT molecular complexity index is 1750. The molecule has 5 aromatic rings. The maximum atomic E-state index is 15.4. The van der Waals surface area contributed by atoms with Gasteiger partial charge in [0.05, 0.1) is 23.4 Å². The van der Waals surface area contributed by atoms with Crippen molar-refractivity contribution in [2.45, 2.75) is 41.2 Å². The number of nitrogens with zero attached hydrogens (tertiary/aromatic N) is 2.